The average Bonchev–Trinajstić information content (AvgIpc) is 2.15. The predicted octanol–water partition coefficient (Wildman–Crippen LogP) is 1.98. The highest BCUT2D eigenvalue weighted by atomic mass is 16.6. The van der Waals surface area contributed by atoms with Gasteiger partial charge in [0.2, 0.25) is 0 Å². The van der Waals surface area contributed by atoms with Gasteiger partial charge < -0.3 is 4.84 Å². The summed E-state index contributed by atoms with van der Waals surface area (Å²) < 4.78 is 0. The van der Waals surface area contributed by atoms with Gasteiger partial charge in [0.25, 0.3) is 0 Å². The third kappa shape index (κ3) is 3.87. The Morgan fingerprint density at radius 3 is 2.54 bits per heavy atom. The lowest BCUT2D eigenvalue weighted by Gasteiger charge is -1.96. The number of aryl methyl sites for hydroxylation is 1. The molecule has 0 aliphatic rings. The average molecular weight is 177 g/mol. The minimum absolute atomic E-state index is 0.478. The van der Waals surface area contributed by atoms with Gasteiger partial charge in [-0.15, -0.1) is 0 Å². The molecule has 1 rings (SSSR count). The van der Waals surface area contributed by atoms with Crippen molar-refractivity contribution in [3.8, 4) is 0 Å². The Balaban J connectivity index is 2.41. The van der Waals surface area contributed by atoms with Crippen molar-refractivity contribution in [2.24, 2.45) is 5.90 Å². The van der Waals surface area contributed by atoms with Crippen LogP contribution in [0.3, 0.4) is 0 Å². The van der Waals surface area contributed by atoms with Crippen LogP contribution in [0.25, 0.3) is 0 Å². The van der Waals surface area contributed by atoms with Gasteiger partial charge in [0.15, 0.2) is 0 Å². The van der Waals surface area contributed by atoms with Gasteiger partial charge in [-0.05, 0) is 18.9 Å². The number of hydrogen-bond acceptors (Lipinski definition) is 2. The third-order valence-corrected chi connectivity index (χ3v) is 1.83. The molecular formula is C11H15NO. The van der Waals surface area contributed by atoms with Gasteiger partial charge in [0.05, 0.1) is 6.61 Å². The van der Waals surface area contributed by atoms with Crippen LogP contribution in [-0.2, 0) is 11.3 Å². The lowest BCUT2D eigenvalue weighted by atomic mass is 10.1. The minimum atomic E-state index is 0.478. The van der Waals surface area contributed by atoms with Crippen LogP contribution in [0, 0.1) is 6.92 Å². The third-order valence-electron chi connectivity index (χ3n) is 1.83. The highest BCUT2D eigenvalue weighted by Gasteiger charge is 1.87. The number of nitrogens with two attached hydrogens (primary N) is 1. The van der Waals surface area contributed by atoms with E-state index in [0.29, 0.717) is 6.61 Å². The van der Waals surface area contributed by atoms with Gasteiger partial charge in [-0.1, -0.05) is 42.0 Å². The van der Waals surface area contributed by atoms with Crippen LogP contribution in [0.15, 0.2) is 36.4 Å². The molecule has 1 aromatic rings. The molecule has 0 unspecified atom stereocenters. The maximum absolute atomic E-state index is 4.88. The second-order valence-electron chi connectivity index (χ2n) is 2.99. The lowest BCUT2D eigenvalue weighted by molar-refractivity contribution is 0.168. The Morgan fingerprint density at radius 2 is 1.92 bits per heavy atom. The summed E-state index contributed by atoms with van der Waals surface area (Å²) in [6, 6.07) is 8.48. The Labute approximate surface area is 79.0 Å². The summed E-state index contributed by atoms with van der Waals surface area (Å²) in [6.07, 6.45) is 4.90. The first-order chi connectivity index (χ1) is 6.33. The number of hydrogen-bond donors (Lipinski definition) is 1. The van der Waals surface area contributed by atoms with Crippen LogP contribution in [0.4, 0.5) is 0 Å². The highest BCUT2D eigenvalue weighted by molar-refractivity contribution is 5.22. The second-order valence-corrected chi connectivity index (χ2v) is 2.99. The van der Waals surface area contributed by atoms with Crippen molar-refractivity contribution < 1.29 is 4.84 Å². The quantitative estimate of drug-likeness (QED) is 0.564. The molecule has 13 heavy (non-hydrogen) atoms. The van der Waals surface area contributed by atoms with Gasteiger partial charge in [-0.3, -0.25) is 0 Å². The molecule has 0 aliphatic carbocycles. The number of benzene rings is 1. The predicted molar refractivity (Wildman–Crippen MR) is 54.2 cm³/mol. The molecule has 0 aromatic heterocycles. The molecule has 70 valence electrons. The summed E-state index contributed by atoms with van der Waals surface area (Å²) in [5, 5.41) is 0. The van der Waals surface area contributed by atoms with Crippen LogP contribution >= 0.6 is 0 Å². The van der Waals surface area contributed by atoms with E-state index in [9.17, 15) is 0 Å². The molecule has 0 saturated carbocycles. The molecule has 0 atom stereocenters. The normalized spacial score (nSPS) is 10.9. The van der Waals surface area contributed by atoms with Gasteiger partial charge in [-0.2, -0.15) is 0 Å². The molecule has 0 spiro atoms. The highest BCUT2D eigenvalue weighted by Crippen LogP contribution is 2.03. The van der Waals surface area contributed by atoms with Gasteiger partial charge in [0.1, 0.15) is 0 Å². The first kappa shape index (κ1) is 9.96. The summed E-state index contributed by atoms with van der Waals surface area (Å²) in [5.41, 5.74) is 2.59. The van der Waals surface area contributed by atoms with Crippen LogP contribution in [0.1, 0.15) is 11.1 Å². The number of rotatable bonds is 4. The molecular weight excluding hydrogens is 162 g/mol. The SMILES string of the molecule is Cc1ccc(C/C=C/CON)cc1. The van der Waals surface area contributed by atoms with Crippen molar-refractivity contribution in [1.82, 2.24) is 0 Å². The molecule has 2 N–H and O–H groups in total. The van der Waals surface area contributed by atoms with Crippen molar-refractivity contribution in [1.29, 1.82) is 0 Å². The summed E-state index contributed by atoms with van der Waals surface area (Å²) >= 11 is 0. The van der Waals surface area contributed by atoms with Crippen molar-refractivity contribution in [3.63, 3.8) is 0 Å². The van der Waals surface area contributed by atoms with E-state index in [1.807, 2.05) is 6.08 Å². The van der Waals surface area contributed by atoms with Crippen molar-refractivity contribution in [2.45, 2.75) is 13.3 Å². The van der Waals surface area contributed by atoms with Crippen LogP contribution in [0.2, 0.25) is 0 Å². The maximum atomic E-state index is 4.88. The van der Waals surface area contributed by atoms with Crippen molar-refractivity contribution >= 4 is 0 Å². The smallest absolute Gasteiger partial charge is 0.0860 e. The molecule has 0 aliphatic heterocycles. The molecule has 0 heterocycles. The molecule has 0 fully saturated rings. The number of allylic oxidation sites excluding steroid dienone is 1. The molecule has 0 radical (unpaired) electrons. The fourth-order valence-corrected chi connectivity index (χ4v) is 1.07. The molecule has 0 bridgehead atoms. The molecule has 2 heteroatoms. The topological polar surface area (TPSA) is 35.2 Å². The van der Waals surface area contributed by atoms with E-state index in [0.717, 1.165) is 6.42 Å². The first-order valence-corrected chi connectivity index (χ1v) is 4.35. The lowest BCUT2D eigenvalue weighted by Crippen LogP contribution is -1.97. The summed E-state index contributed by atoms with van der Waals surface area (Å²) in [4.78, 5) is 4.41. The Hall–Kier alpha value is -1.12. The fraction of sp³-hybridized carbons (Fsp3) is 0.273. The van der Waals surface area contributed by atoms with E-state index in [4.69, 9.17) is 5.90 Å². The van der Waals surface area contributed by atoms with E-state index in [2.05, 4.69) is 42.1 Å². The molecule has 0 amide bonds. The van der Waals surface area contributed by atoms with E-state index in [1.165, 1.54) is 11.1 Å². The zero-order valence-electron chi connectivity index (χ0n) is 7.86. The van der Waals surface area contributed by atoms with E-state index < -0.39 is 0 Å². The van der Waals surface area contributed by atoms with Crippen molar-refractivity contribution in [2.75, 3.05) is 6.61 Å². The van der Waals surface area contributed by atoms with Crippen LogP contribution in [0.5, 0.6) is 0 Å². The Morgan fingerprint density at radius 1 is 1.23 bits per heavy atom. The van der Waals surface area contributed by atoms with Crippen molar-refractivity contribution in [3.05, 3.63) is 47.5 Å². The van der Waals surface area contributed by atoms with E-state index >= 15 is 0 Å². The summed E-state index contributed by atoms with van der Waals surface area (Å²) in [5.74, 6) is 4.88. The summed E-state index contributed by atoms with van der Waals surface area (Å²) in [6.45, 7) is 2.56. The summed E-state index contributed by atoms with van der Waals surface area (Å²) in [7, 11) is 0. The van der Waals surface area contributed by atoms with Gasteiger partial charge >= 0.3 is 0 Å². The van der Waals surface area contributed by atoms with Gasteiger partial charge in [0, 0.05) is 0 Å². The monoisotopic (exact) mass is 177 g/mol. The minimum Gasteiger partial charge on any atom is -0.300 e. The van der Waals surface area contributed by atoms with E-state index in [-0.39, 0.29) is 0 Å². The molecule has 0 saturated heterocycles. The van der Waals surface area contributed by atoms with E-state index in [1.54, 1.807) is 0 Å². The first-order valence-electron chi connectivity index (χ1n) is 4.35. The zero-order valence-corrected chi connectivity index (χ0v) is 7.86. The Kier molecular flexibility index (Phi) is 4.23. The van der Waals surface area contributed by atoms with Crippen LogP contribution in [-0.4, -0.2) is 6.61 Å². The second kappa shape index (κ2) is 5.51. The van der Waals surface area contributed by atoms with Crippen LogP contribution < -0.4 is 5.90 Å². The fourth-order valence-electron chi connectivity index (χ4n) is 1.07. The largest absolute Gasteiger partial charge is 0.300 e. The standard InChI is InChI=1S/C11H15NO/c1-10-5-7-11(8-6-10)4-2-3-9-13-12/h2-3,5-8H,4,9,12H2,1H3/b3-2+. The zero-order chi connectivity index (χ0) is 9.52. The molecule has 1 aromatic carbocycles. The molecule has 2 nitrogen and oxygen atoms in total. The Bertz CT molecular complexity index is 264. The van der Waals surface area contributed by atoms with Gasteiger partial charge in [-0.25, -0.2) is 5.90 Å². The maximum Gasteiger partial charge on any atom is 0.0860 e.